The van der Waals surface area contributed by atoms with Crippen molar-refractivity contribution >= 4 is 17.3 Å². The van der Waals surface area contributed by atoms with E-state index < -0.39 is 0 Å². The summed E-state index contributed by atoms with van der Waals surface area (Å²) in [6, 6.07) is 5.12. The third-order valence-electron chi connectivity index (χ3n) is 1.34. The topological polar surface area (TPSA) is 55.5 Å². The third-order valence-corrected chi connectivity index (χ3v) is 1.63. The molecule has 0 saturated heterocycles. The van der Waals surface area contributed by atoms with Gasteiger partial charge in [-0.25, -0.2) is 0 Å². The molecule has 0 aliphatic rings. The summed E-state index contributed by atoms with van der Waals surface area (Å²) in [4.78, 5) is 0. The van der Waals surface area contributed by atoms with Gasteiger partial charge >= 0.3 is 0 Å². The zero-order valence-corrected chi connectivity index (χ0v) is 7.21. The highest BCUT2D eigenvalue weighted by atomic mass is 35.5. The van der Waals surface area contributed by atoms with Crippen LogP contribution in [0.4, 0.5) is 5.69 Å². The van der Waals surface area contributed by atoms with E-state index in [9.17, 15) is 0 Å². The van der Waals surface area contributed by atoms with Gasteiger partial charge in [0.2, 0.25) is 0 Å². The molecule has 0 aliphatic heterocycles. The van der Waals surface area contributed by atoms with Crippen molar-refractivity contribution in [2.24, 2.45) is 0 Å². The van der Waals surface area contributed by atoms with Gasteiger partial charge in [-0.3, -0.25) is 0 Å². The first kappa shape index (κ1) is 9.16. The minimum atomic E-state index is -0.0509. The number of nitrogen functional groups attached to an aromatic ring is 1. The van der Waals surface area contributed by atoms with Gasteiger partial charge in [-0.2, -0.15) is 0 Å². The first-order valence-electron chi connectivity index (χ1n) is 3.53. The molecule has 66 valence electrons. The van der Waals surface area contributed by atoms with E-state index in [1.165, 1.54) is 0 Å². The number of aliphatic hydroxyl groups is 1. The van der Waals surface area contributed by atoms with E-state index in [4.69, 9.17) is 27.2 Å². The predicted molar refractivity (Wildman–Crippen MR) is 48.4 cm³/mol. The van der Waals surface area contributed by atoms with Crippen LogP contribution in [0, 0.1) is 0 Å². The van der Waals surface area contributed by atoms with Crippen LogP contribution >= 0.6 is 11.6 Å². The minimum Gasteiger partial charge on any atom is -0.487 e. The van der Waals surface area contributed by atoms with Crippen LogP contribution < -0.4 is 10.5 Å². The number of rotatable bonds is 3. The van der Waals surface area contributed by atoms with Crippen LogP contribution in [0.1, 0.15) is 0 Å². The Morgan fingerprint density at radius 2 is 2.25 bits per heavy atom. The van der Waals surface area contributed by atoms with Crippen LogP contribution in [-0.2, 0) is 0 Å². The number of benzene rings is 1. The summed E-state index contributed by atoms with van der Waals surface area (Å²) in [7, 11) is 0. The molecular weight excluding hydrogens is 178 g/mol. The Morgan fingerprint density at radius 3 is 2.83 bits per heavy atom. The van der Waals surface area contributed by atoms with Crippen LogP contribution in [0.15, 0.2) is 18.2 Å². The molecule has 3 nitrogen and oxygen atoms in total. The van der Waals surface area contributed by atoms with Crippen molar-refractivity contribution in [3.63, 3.8) is 0 Å². The predicted octanol–water partition coefficient (Wildman–Crippen LogP) is 1.29. The molecule has 0 fully saturated rings. The Hall–Kier alpha value is -0.930. The van der Waals surface area contributed by atoms with E-state index in [1.54, 1.807) is 18.2 Å². The minimum absolute atomic E-state index is 0.0509. The van der Waals surface area contributed by atoms with Gasteiger partial charge < -0.3 is 15.6 Å². The Labute approximate surface area is 75.7 Å². The number of hydrogen-bond acceptors (Lipinski definition) is 3. The smallest absolute Gasteiger partial charge is 0.160 e. The fourth-order valence-electron chi connectivity index (χ4n) is 0.826. The van der Waals surface area contributed by atoms with Crippen molar-refractivity contribution in [1.29, 1.82) is 0 Å². The fourth-order valence-corrected chi connectivity index (χ4v) is 1.06. The average Bonchev–Trinajstić information content (AvgIpc) is 2.04. The summed E-state index contributed by atoms with van der Waals surface area (Å²) in [5.74, 6) is 0.438. The number of para-hydroxylation sites is 1. The quantitative estimate of drug-likeness (QED) is 0.702. The molecule has 3 N–H and O–H groups in total. The van der Waals surface area contributed by atoms with Gasteiger partial charge in [0.05, 0.1) is 17.3 Å². The molecule has 1 aromatic rings. The molecule has 0 amide bonds. The van der Waals surface area contributed by atoms with Gasteiger partial charge in [0, 0.05) is 0 Å². The Morgan fingerprint density at radius 1 is 1.50 bits per heavy atom. The highest BCUT2D eigenvalue weighted by Gasteiger charge is 2.03. The van der Waals surface area contributed by atoms with E-state index >= 15 is 0 Å². The monoisotopic (exact) mass is 187 g/mol. The van der Waals surface area contributed by atoms with Crippen molar-refractivity contribution < 1.29 is 9.84 Å². The Bertz CT molecular complexity index is 245. The van der Waals surface area contributed by atoms with Crippen LogP contribution in [-0.4, -0.2) is 18.3 Å². The van der Waals surface area contributed by atoms with E-state index in [1.807, 2.05) is 0 Å². The van der Waals surface area contributed by atoms with Gasteiger partial charge in [-0.05, 0) is 12.1 Å². The molecule has 1 aromatic carbocycles. The molecule has 0 spiro atoms. The zero-order valence-electron chi connectivity index (χ0n) is 6.46. The zero-order chi connectivity index (χ0) is 8.97. The van der Waals surface area contributed by atoms with Crippen molar-refractivity contribution in [3.05, 3.63) is 23.2 Å². The maximum atomic E-state index is 8.50. The lowest BCUT2D eigenvalue weighted by Gasteiger charge is -2.08. The Kier molecular flexibility index (Phi) is 3.19. The second-order valence-electron chi connectivity index (χ2n) is 2.23. The fraction of sp³-hybridized carbons (Fsp3) is 0.250. The van der Waals surface area contributed by atoms with Crippen LogP contribution in [0.2, 0.25) is 5.02 Å². The molecule has 0 heterocycles. The molecule has 1 rings (SSSR count). The Balaban J connectivity index is 2.81. The van der Waals surface area contributed by atoms with Crippen LogP contribution in [0.3, 0.4) is 0 Å². The van der Waals surface area contributed by atoms with Gasteiger partial charge in [-0.1, -0.05) is 17.7 Å². The number of halogens is 1. The van der Waals surface area contributed by atoms with E-state index in [0.717, 1.165) is 0 Å². The molecular formula is C8H10ClNO2. The summed E-state index contributed by atoms with van der Waals surface area (Å²) in [5.41, 5.74) is 6.05. The van der Waals surface area contributed by atoms with E-state index in [-0.39, 0.29) is 13.2 Å². The number of ether oxygens (including phenoxy) is 1. The number of anilines is 1. The largest absolute Gasteiger partial charge is 0.487 e. The summed E-state index contributed by atoms with van der Waals surface area (Å²) >= 11 is 5.78. The summed E-state index contributed by atoms with van der Waals surface area (Å²) in [6.45, 7) is 0.151. The molecule has 4 heteroatoms. The van der Waals surface area contributed by atoms with Crippen molar-refractivity contribution in [2.75, 3.05) is 18.9 Å². The highest BCUT2D eigenvalue weighted by Crippen LogP contribution is 2.30. The third kappa shape index (κ3) is 2.03. The van der Waals surface area contributed by atoms with Crippen LogP contribution in [0.5, 0.6) is 5.75 Å². The first-order valence-corrected chi connectivity index (χ1v) is 3.91. The molecule has 12 heavy (non-hydrogen) atoms. The van der Waals surface area contributed by atoms with Gasteiger partial charge in [0.25, 0.3) is 0 Å². The molecule has 0 saturated carbocycles. The molecule has 0 atom stereocenters. The molecule has 0 aliphatic carbocycles. The second-order valence-corrected chi connectivity index (χ2v) is 2.64. The lowest BCUT2D eigenvalue weighted by molar-refractivity contribution is 0.202. The summed E-state index contributed by atoms with van der Waals surface area (Å²) in [5, 5.41) is 8.96. The molecule has 0 unspecified atom stereocenters. The number of aliphatic hydroxyl groups excluding tert-OH is 1. The number of hydrogen-bond donors (Lipinski definition) is 2. The lowest BCUT2D eigenvalue weighted by Crippen LogP contribution is -2.04. The first-order chi connectivity index (χ1) is 5.75. The van der Waals surface area contributed by atoms with E-state index in [0.29, 0.717) is 16.5 Å². The van der Waals surface area contributed by atoms with Crippen LogP contribution in [0.25, 0.3) is 0 Å². The normalized spacial score (nSPS) is 9.83. The van der Waals surface area contributed by atoms with Crippen molar-refractivity contribution in [2.45, 2.75) is 0 Å². The van der Waals surface area contributed by atoms with Crippen molar-refractivity contribution in [1.82, 2.24) is 0 Å². The standard InChI is InChI=1S/C8H10ClNO2/c9-6-2-1-3-7(10)8(6)12-5-4-11/h1-3,11H,4-5,10H2. The molecule has 0 radical (unpaired) electrons. The number of nitrogens with two attached hydrogens (primary N) is 1. The molecule has 0 bridgehead atoms. The average molecular weight is 188 g/mol. The maximum Gasteiger partial charge on any atom is 0.160 e. The van der Waals surface area contributed by atoms with Crippen molar-refractivity contribution in [3.8, 4) is 5.75 Å². The SMILES string of the molecule is Nc1cccc(Cl)c1OCCO. The maximum absolute atomic E-state index is 8.50. The summed E-state index contributed by atoms with van der Waals surface area (Å²) < 4.78 is 5.11. The van der Waals surface area contributed by atoms with Gasteiger partial charge in [0.1, 0.15) is 6.61 Å². The second kappa shape index (κ2) is 4.18. The van der Waals surface area contributed by atoms with E-state index in [2.05, 4.69) is 0 Å². The summed E-state index contributed by atoms with van der Waals surface area (Å²) in [6.07, 6.45) is 0. The highest BCUT2D eigenvalue weighted by molar-refractivity contribution is 6.32. The molecule has 0 aromatic heterocycles. The lowest BCUT2D eigenvalue weighted by atomic mass is 10.3. The van der Waals surface area contributed by atoms with Gasteiger partial charge in [0.15, 0.2) is 5.75 Å². The van der Waals surface area contributed by atoms with Gasteiger partial charge in [-0.15, -0.1) is 0 Å².